The van der Waals surface area contributed by atoms with Crippen LogP contribution in [0.3, 0.4) is 0 Å². The van der Waals surface area contributed by atoms with E-state index in [1.54, 1.807) is 0 Å². The van der Waals surface area contributed by atoms with Gasteiger partial charge in [-0.15, -0.1) is 0 Å². The molecular weight excluding hydrogens is 440 g/mol. The lowest BCUT2D eigenvalue weighted by atomic mass is 9.98. The van der Waals surface area contributed by atoms with Gasteiger partial charge in [0.25, 0.3) is 0 Å². The van der Waals surface area contributed by atoms with Crippen molar-refractivity contribution < 1.29 is 14.6 Å². The first-order chi connectivity index (χ1) is 17.2. The van der Waals surface area contributed by atoms with E-state index in [2.05, 4.69) is 46.6 Å². The quantitative estimate of drug-likeness (QED) is 0.388. The van der Waals surface area contributed by atoms with Crippen LogP contribution in [-0.2, 0) is 16.1 Å². The average molecular weight is 469 g/mol. The third kappa shape index (κ3) is 5.48. The maximum absolute atomic E-state index is 10.9. The number of aliphatic carboxylic acids is 1. The van der Waals surface area contributed by atoms with Crippen LogP contribution in [0.15, 0.2) is 72.8 Å². The number of carbonyl (C=O) groups is 1. The molecule has 0 unspecified atom stereocenters. The van der Waals surface area contributed by atoms with Crippen molar-refractivity contribution in [1.82, 2.24) is 14.9 Å². The summed E-state index contributed by atoms with van der Waals surface area (Å²) in [4.78, 5) is 22.9. The Bertz CT molecular complexity index is 1320. The molecule has 0 bridgehead atoms. The van der Waals surface area contributed by atoms with Gasteiger partial charge in [0.05, 0.1) is 25.2 Å². The van der Waals surface area contributed by atoms with Gasteiger partial charge in [-0.1, -0.05) is 60.7 Å². The van der Waals surface area contributed by atoms with Crippen molar-refractivity contribution in [1.29, 1.82) is 0 Å². The molecule has 3 aromatic carbocycles. The number of fused-ring (bicyclic) bond motifs is 1. The standard InChI is InChI=1S/C28H28N4O3/c33-26(34)13-14-29-28-24-7-3-4-8-25(24)30-27(31-28)21-11-9-20(10-12-21)23-6-2-1-5-22(23)19-32-15-17-35-18-16-32/h1-12H,13-19H2,(H,33,34)(H,29,30,31). The van der Waals surface area contributed by atoms with Crippen LogP contribution in [0.25, 0.3) is 33.4 Å². The summed E-state index contributed by atoms with van der Waals surface area (Å²) in [6.45, 7) is 4.69. The number of benzene rings is 3. The van der Waals surface area contributed by atoms with Gasteiger partial charge in [-0.05, 0) is 28.8 Å². The fourth-order valence-corrected chi connectivity index (χ4v) is 4.37. The molecule has 2 heterocycles. The number of aromatic nitrogens is 2. The van der Waals surface area contributed by atoms with Crippen molar-refractivity contribution in [2.45, 2.75) is 13.0 Å². The van der Waals surface area contributed by atoms with E-state index in [-0.39, 0.29) is 6.42 Å². The maximum Gasteiger partial charge on any atom is 0.305 e. The van der Waals surface area contributed by atoms with E-state index < -0.39 is 5.97 Å². The highest BCUT2D eigenvalue weighted by Crippen LogP contribution is 2.29. The minimum Gasteiger partial charge on any atom is -0.481 e. The molecule has 1 aliphatic rings. The van der Waals surface area contributed by atoms with Gasteiger partial charge in [0.2, 0.25) is 0 Å². The molecule has 1 aliphatic heterocycles. The van der Waals surface area contributed by atoms with Crippen LogP contribution in [-0.4, -0.2) is 58.8 Å². The fraction of sp³-hybridized carbons (Fsp3) is 0.250. The summed E-state index contributed by atoms with van der Waals surface area (Å²) in [5.74, 6) is 0.405. The summed E-state index contributed by atoms with van der Waals surface area (Å²) in [6, 6.07) is 24.6. The van der Waals surface area contributed by atoms with Gasteiger partial charge in [-0.2, -0.15) is 0 Å². The number of rotatable bonds is 8. The van der Waals surface area contributed by atoms with Crippen LogP contribution in [0, 0.1) is 0 Å². The van der Waals surface area contributed by atoms with Crippen LogP contribution in [0.5, 0.6) is 0 Å². The van der Waals surface area contributed by atoms with Gasteiger partial charge >= 0.3 is 5.97 Å². The van der Waals surface area contributed by atoms with Crippen molar-refractivity contribution in [2.75, 3.05) is 38.2 Å². The second-order valence-corrected chi connectivity index (χ2v) is 8.61. The Balaban J connectivity index is 1.42. The molecule has 7 heteroatoms. The third-order valence-electron chi connectivity index (χ3n) is 6.20. The highest BCUT2D eigenvalue weighted by molar-refractivity contribution is 5.90. The highest BCUT2D eigenvalue weighted by atomic mass is 16.5. The largest absolute Gasteiger partial charge is 0.481 e. The Kier molecular flexibility index (Phi) is 6.97. The number of ether oxygens (including phenoxy) is 1. The number of carboxylic acids is 1. The molecule has 2 N–H and O–H groups in total. The smallest absolute Gasteiger partial charge is 0.305 e. The molecule has 178 valence electrons. The molecule has 0 radical (unpaired) electrons. The Hall–Kier alpha value is -3.81. The fourth-order valence-electron chi connectivity index (χ4n) is 4.37. The Morgan fingerprint density at radius 3 is 2.43 bits per heavy atom. The minimum absolute atomic E-state index is 0.0201. The zero-order valence-electron chi connectivity index (χ0n) is 19.5. The number of nitrogens with zero attached hydrogens (tertiary/aromatic N) is 3. The van der Waals surface area contributed by atoms with Crippen molar-refractivity contribution in [2.24, 2.45) is 0 Å². The monoisotopic (exact) mass is 468 g/mol. The zero-order chi connectivity index (χ0) is 24.0. The van der Waals surface area contributed by atoms with Gasteiger partial charge in [0, 0.05) is 37.1 Å². The van der Waals surface area contributed by atoms with Crippen LogP contribution < -0.4 is 5.32 Å². The zero-order valence-corrected chi connectivity index (χ0v) is 19.5. The van der Waals surface area contributed by atoms with Crippen molar-refractivity contribution in [3.63, 3.8) is 0 Å². The van der Waals surface area contributed by atoms with E-state index in [4.69, 9.17) is 19.8 Å². The summed E-state index contributed by atoms with van der Waals surface area (Å²) in [7, 11) is 0. The first-order valence-corrected chi connectivity index (χ1v) is 11.9. The molecule has 5 rings (SSSR count). The number of carboxylic acid groups (broad SMARTS) is 1. The Morgan fingerprint density at radius 1 is 0.914 bits per heavy atom. The molecule has 1 saturated heterocycles. The van der Waals surface area contributed by atoms with Crippen molar-refractivity contribution >= 4 is 22.7 Å². The molecule has 0 atom stereocenters. The topological polar surface area (TPSA) is 87.6 Å². The summed E-state index contributed by atoms with van der Waals surface area (Å²) < 4.78 is 5.49. The lowest BCUT2D eigenvalue weighted by Gasteiger charge is -2.27. The van der Waals surface area contributed by atoms with Crippen LogP contribution in [0.4, 0.5) is 5.82 Å². The first-order valence-electron chi connectivity index (χ1n) is 11.9. The lowest BCUT2D eigenvalue weighted by Crippen LogP contribution is -2.35. The number of morpholine rings is 1. The number of anilines is 1. The normalized spacial score (nSPS) is 14.2. The van der Waals surface area contributed by atoms with Gasteiger partial charge in [-0.3, -0.25) is 9.69 Å². The van der Waals surface area contributed by atoms with E-state index in [0.717, 1.165) is 54.9 Å². The molecule has 7 nitrogen and oxygen atoms in total. The molecule has 35 heavy (non-hydrogen) atoms. The predicted molar refractivity (Wildman–Crippen MR) is 137 cm³/mol. The molecular formula is C28H28N4O3. The van der Waals surface area contributed by atoms with E-state index in [9.17, 15) is 4.79 Å². The van der Waals surface area contributed by atoms with Gasteiger partial charge in [-0.25, -0.2) is 9.97 Å². The van der Waals surface area contributed by atoms with E-state index in [1.165, 1.54) is 11.1 Å². The summed E-state index contributed by atoms with van der Waals surface area (Å²) in [5.41, 5.74) is 5.40. The molecule has 0 saturated carbocycles. The number of hydrogen-bond acceptors (Lipinski definition) is 6. The van der Waals surface area contributed by atoms with Crippen molar-refractivity contribution in [3.05, 3.63) is 78.4 Å². The third-order valence-corrected chi connectivity index (χ3v) is 6.20. The summed E-state index contributed by atoms with van der Waals surface area (Å²) >= 11 is 0. The molecule has 1 aromatic heterocycles. The van der Waals surface area contributed by atoms with E-state index in [0.29, 0.717) is 18.2 Å². The van der Waals surface area contributed by atoms with Gasteiger partial charge < -0.3 is 15.2 Å². The predicted octanol–water partition coefficient (Wildman–Crippen LogP) is 4.68. The maximum atomic E-state index is 10.9. The van der Waals surface area contributed by atoms with Crippen LogP contribution in [0.2, 0.25) is 0 Å². The van der Waals surface area contributed by atoms with Crippen molar-refractivity contribution in [3.8, 4) is 22.5 Å². The number of hydrogen-bond donors (Lipinski definition) is 2. The SMILES string of the molecule is O=C(O)CCNc1nc(-c2ccc(-c3ccccc3CN3CCOCC3)cc2)nc2ccccc12. The lowest BCUT2D eigenvalue weighted by molar-refractivity contribution is -0.136. The second kappa shape index (κ2) is 10.6. The Morgan fingerprint density at radius 2 is 1.63 bits per heavy atom. The summed E-state index contributed by atoms with van der Waals surface area (Å²) in [5, 5.41) is 13.0. The molecule has 0 aliphatic carbocycles. The molecule has 4 aromatic rings. The van der Waals surface area contributed by atoms with E-state index in [1.807, 2.05) is 36.4 Å². The van der Waals surface area contributed by atoms with Crippen LogP contribution in [0.1, 0.15) is 12.0 Å². The molecule has 1 fully saturated rings. The van der Waals surface area contributed by atoms with E-state index >= 15 is 0 Å². The first kappa shape index (κ1) is 23.0. The average Bonchev–Trinajstić information content (AvgIpc) is 2.89. The highest BCUT2D eigenvalue weighted by Gasteiger charge is 2.14. The van der Waals surface area contributed by atoms with Gasteiger partial charge in [0.1, 0.15) is 5.82 Å². The number of para-hydroxylation sites is 1. The van der Waals surface area contributed by atoms with Gasteiger partial charge in [0.15, 0.2) is 5.82 Å². The molecule has 0 spiro atoms. The number of nitrogens with one attached hydrogen (secondary N) is 1. The van der Waals surface area contributed by atoms with Crippen LogP contribution >= 0.6 is 0 Å². The Labute approximate surface area is 204 Å². The minimum atomic E-state index is -0.847. The molecule has 0 amide bonds. The second-order valence-electron chi connectivity index (χ2n) is 8.61. The summed E-state index contributed by atoms with van der Waals surface area (Å²) in [6.07, 6.45) is 0.0201.